The molecule has 0 aliphatic carbocycles. The fourth-order valence-electron chi connectivity index (χ4n) is 2.69. The van der Waals surface area contributed by atoms with Gasteiger partial charge in [0.15, 0.2) is 0 Å². The second-order valence-electron chi connectivity index (χ2n) is 5.80. The number of aromatic nitrogens is 2. The van der Waals surface area contributed by atoms with Gasteiger partial charge in [0.2, 0.25) is 0 Å². The molecule has 1 unspecified atom stereocenters. The number of carbonyl (C=O) groups excluding carboxylic acids is 1. The van der Waals surface area contributed by atoms with Crippen LogP contribution in [0.25, 0.3) is 5.65 Å². The van der Waals surface area contributed by atoms with Crippen molar-refractivity contribution in [2.24, 2.45) is 0 Å². The van der Waals surface area contributed by atoms with Gasteiger partial charge < -0.3 is 5.32 Å². The molecule has 1 atom stereocenters. The lowest BCUT2D eigenvalue weighted by atomic mass is 10.1. The van der Waals surface area contributed by atoms with Crippen molar-refractivity contribution in [1.29, 1.82) is 0 Å². The van der Waals surface area contributed by atoms with E-state index in [0.29, 0.717) is 11.3 Å². The number of carbonyl (C=O) groups is 1. The molecule has 3 aromatic rings. The highest BCUT2D eigenvalue weighted by Gasteiger charge is 2.31. The van der Waals surface area contributed by atoms with Gasteiger partial charge in [-0.3, -0.25) is 9.20 Å². The Hall–Kier alpha value is -2.83. The molecule has 1 amide bonds. The maximum Gasteiger partial charge on any atom is 0.417 e. The molecule has 0 saturated carbocycles. The number of benzene rings is 1. The molecule has 130 valence electrons. The zero-order chi connectivity index (χ0) is 18.2. The lowest BCUT2D eigenvalue weighted by Crippen LogP contribution is -2.28. The van der Waals surface area contributed by atoms with E-state index in [9.17, 15) is 18.0 Å². The third-order valence-corrected chi connectivity index (χ3v) is 3.98. The summed E-state index contributed by atoms with van der Waals surface area (Å²) in [6.07, 6.45) is -3.59. The van der Waals surface area contributed by atoms with Gasteiger partial charge in [0.1, 0.15) is 11.3 Å². The van der Waals surface area contributed by atoms with Crippen molar-refractivity contribution in [1.82, 2.24) is 14.7 Å². The average molecular weight is 347 g/mol. The highest BCUT2D eigenvalue weighted by Crippen LogP contribution is 2.30. The van der Waals surface area contributed by atoms with Crippen LogP contribution in [0.1, 0.15) is 40.3 Å². The third kappa shape index (κ3) is 3.35. The molecular formula is C18H16F3N3O. The number of pyridine rings is 1. The minimum Gasteiger partial charge on any atom is -0.344 e. The van der Waals surface area contributed by atoms with Crippen LogP contribution in [0.2, 0.25) is 0 Å². The number of halogens is 3. The number of aryl methyl sites for hydroxylation is 1. The summed E-state index contributed by atoms with van der Waals surface area (Å²) in [6, 6.07) is 11.2. The van der Waals surface area contributed by atoms with Gasteiger partial charge in [0, 0.05) is 6.20 Å². The number of fused-ring (bicyclic) bond motifs is 1. The van der Waals surface area contributed by atoms with E-state index in [2.05, 4.69) is 10.3 Å². The van der Waals surface area contributed by atoms with Crippen LogP contribution in [0.4, 0.5) is 13.2 Å². The van der Waals surface area contributed by atoms with Crippen LogP contribution in [0.15, 0.2) is 48.7 Å². The molecule has 2 heterocycles. The van der Waals surface area contributed by atoms with Gasteiger partial charge >= 0.3 is 6.18 Å². The van der Waals surface area contributed by atoms with E-state index >= 15 is 0 Å². The number of hydrogen-bond acceptors (Lipinski definition) is 2. The molecule has 2 aromatic heterocycles. The number of hydrogen-bond donors (Lipinski definition) is 1. The average Bonchev–Trinajstić information content (AvgIpc) is 2.89. The van der Waals surface area contributed by atoms with Crippen molar-refractivity contribution in [2.45, 2.75) is 26.1 Å². The number of nitrogens with zero attached hydrogens (tertiary/aromatic N) is 2. The van der Waals surface area contributed by atoms with Crippen LogP contribution in [0.3, 0.4) is 0 Å². The van der Waals surface area contributed by atoms with Crippen molar-refractivity contribution in [3.05, 3.63) is 71.2 Å². The molecule has 0 radical (unpaired) electrons. The first-order valence-electron chi connectivity index (χ1n) is 7.69. The Kier molecular flexibility index (Phi) is 4.24. The Morgan fingerprint density at radius 1 is 1.16 bits per heavy atom. The third-order valence-electron chi connectivity index (χ3n) is 3.98. The van der Waals surface area contributed by atoms with Gasteiger partial charge in [-0.1, -0.05) is 30.3 Å². The lowest BCUT2D eigenvalue weighted by molar-refractivity contribution is -0.137. The molecule has 25 heavy (non-hydrogen) atoms. The van der Waals surface area contributed by atoms with E-state index in [-0.39, 0.29) is 11.7 Å². The highest BCUT2D eigenvalue weighted by atomic mass is 19.4. The molecule has 0 aliphatic heterocycles. The smallest absolute Gasteiger partial charge is 0.344 e. The summed E-state index contributed by atoms with van der Waals surface area (Å²) in [7, 11) is 0. The number of alkyl halides is 3. The molecule has 0 bridgehead atoms. The van der Waals surface area contributed by atoms with Gasteiger partial charge in [-0.25, -0.2) is 4.98 Å². The Labute approximate surface area is 142 Å². The van der Waals surface area contributed by atoms with Gasteiger partial charge in [-0.05, 0) is 31.5 Å². The van der Waals surface area contributed by atoms with Crippen molar-refractivity contribution < 1.29 is 18.0 Å². The van der Waals surface area contributed by atoms with Crippen LogP contribution in [-0.2, 0) is 6.18 Å². The van der Waals surface area contributed by atoms with Crippen molar-refractivity contribution in [3.63, 3.8) is 0 Å². The number of nitrogens with one attached hydrogen (secondary N) is 1. The van der Waals surface area contributed by atoms with E-state index < -0.39 is 17.6 Å². The molecule has 1 aromatic carbocycles. The second-order valence-corrected chi connectivity index (χ2v) is 5.80. The van der Waals surface area contributed by atoms with Gasteiger partial charge in [-0.15, -0.1) is 0 Å². The zero-order valence-electron chi connectivity index (χ0n) is 13.6. The monoisotopic (exact) mass is 347 g/mol. The Morgan fingerprint density at radius 3 is 2.48 bits per heavy atom. The van der Waals surface area contributed by atoms with Crippen LogP contribution in [-0.4, -0.2) is 15.3 Å². The van der Waals surface area contributed by atoms with Crippen LogP contribution in [0, 0.1) is 6.92 Å². The normalized spacial score (nSPS) is 13.0. The first kappa shape index (κ1) is 17.0. The van der Waals surface area contributed by atoms with E-state index in [1.54, 1.807) is 6.92 Å². The van der Waals surface area contributed by atoms with Gasteiger partial charge in [0.25, 0.3) is 5.91 Å². The number of amides is 1. The number of rotatable bonds is 3. The SMILES string of the molecule is Cc1nc2ccc(C(F)(F)F)cn2c1C(=O)NC(C)c1ccccc1. The summed E-state index contributed by atoms with van der Waals surface area (Å²) in [4.78, 5) is 16.8. The van der Waals surface area contributed by atoms with Crippen LogP contribution < -0.4 is 5.32 Å². The molecule has 3 rings (SSSR count). The Morgan fingerprint density at radius 2 is 1.84 bits per heavy atom. The predicted molar refractivity (Wildman–Crippen MR) is 87.3 cm³/mol. The topological polar surface area (TPSA) is 46.4 Å². The molecule has 0 spiro atoms. The summed E-state index contributed by atoms with van der Waals surface area (Å²) < 4.78 is 40.0. The largest absolute Gasteiger partial charge is 0.417 e. The molecule has 1 N–H and O–H groups in total. The van der Waals surface area contributed by atoms with Crippen LogP contribution in [0.5, 0.6) is 0 Å². The molecule has 0 fully saturated rings. The molecule has 0 saturated heterocycles. The molecule has 4 nitrogen and oxygen atoms in total. The molecule has 0 aliphatic rings. The highest BCUT2D eigenvalue weighted by molar-refractivity contribution is 5.95. The fourth-order valence-corrected chi connectivity index (χ4v) is 2.69. The van der Waals surface area contributed by atoms with Crippen LogP contribution >= 0.6 is 0 Å². The Balaban J connectivity index is 1.97. The summed E-state index contributed by atoms with van der Waals surface area (Å²) in [6.45, 7) is 3.41. The summed E-state index contributed by atoms with van der Waals surface area (Å²) in [5.41, 5.74) is 0.838. The van der Waals surface area contributed by atoms with E-state index in [4.69, 9.17) is 0 Å². The van der Waals surface area contributed by atoms with E-state index in [0.717, 1.165) is 17.8 Å². The summed E-state index contributed by atoms with van der Waals surface area (Å²) in [5.74, 6) is -0.472. The molecule has 7 heteroatoms. The van der Waals surface area contributed by atoms with Gasteiger partial charge in [0.05, 0.1) is 17.3 Å². The summed E-state index contributed by atoms with van der Waals surface area (Å²) >= 11 is 0. The zero-order valence-corrected chi connectivity index (χ0v) is 13.6. The minimum absolute atomic E-state index is 0.101. The van der Waals surface area contributed by atoms with Crippen molar-refractivity contribution in [2.75, 3.05) is 0 Å². The standard InChI is InChI=1S/C18H16F3N3O/c1-11(13-6-4-3-5-7-13)23-17(25)16-12(2)22-15-9-8-14(10-24(15)16)18(19,20)21/h3-11H,1-2H3,(H,23,25). The molecular weight excluding hydrogens is 331 g/mol. The van der Waals surface area contributed by atoms with E-state index in [1.165, 1.54) is 10.5 Å². The van der Waals surface area contributed by atoms with Crippen molar-refractivity contribution >= 4 is 11.6 Å². The lowest BCUT2D eigenvalue weighted by Gasteiger charge is -2.15. The quantitative estimate of drug-likeness (QED) is 0.774. The van der Waals surface area contributed by atoms with Crippen molar-refractivity contribution in [3.8, 4) is 0 Å². The first-order chi connectivity index (χ1) is 11.8. The first-order valence-corrected chi connectivity index (χ1v) is 7.69. The Bertz CT molecular complexity index is 916. The van der Waals surface area contributed by atoms with E-state index in [1.807, 2.05) is 37.3 Å². The second kappa shape index (κ2) is 6.23. The van der Waals surface area contributed by atoms with Gasteiger partial charge in [-0.2, -0.15) is 13.2 Å². The maximum absolute atomic E-state index is 13.0. The minimum atomic E-state index is -4.49. The number of imidazole rings is 1. The summed E-state index contributed by atoms with van der Waals surface area (Å²) in [5, 5.41) is 2.81. The predicted octanol–water partition coefficient (Wildman–Crippen LogP) is 4.15. The fraction of sp³-hybridized carbons (Fsp3) is 0.222. The maximum atomic E-state index is 13.0.